The molecule has 0 aromatic rings. The van der Waals surface area contributed by atoms with Crippen LogP contribution >= 0.6 is 0 Å². The second-order valence-electron chi connectivity index (χ2n) is 7.73. The average Bonchev–Trinajstić information content (AvgIpc) is 2.25. The van der Waals surface area contributed by atoms with Crippen molar-refractivity contribution in [1.82, 2.24) is 5.32 Å². The number of amides is 1. The minimum atomic E-state index is 0.100. The Morgan fingerprint density at radius 1 is 1.11 bits per heavy atom. The van der Waals surface area contributed by atoms with Crippen LogP contribution in [0.15, 0.2) is 11.6 Å². The lowest BCUT2D eigenvalue weighted by Gasteiger charge is -2.59. The molecule has 0 aliphatic heterocycles. The number of nitrogens with one attached hydrogen (secondary N) is 1. The quantitative estimate of drug-likeness (QED) is 0.772. The molecule has 4 fully saturated rings. The van der Waals surface area contributed by atoms with Crippen molar-refractivity contribution >= 4 is 5.91 Å². The molecule has 0 saturated heterocycles. The summed E-state index contributed by atoms with van der Waals surface area (Å²) in [5.74, 6) is 2.96. The third-order valence-corrected chi connectivity index (χ3v) is 5.78. The molecule has 4 aliphatic carbocycles. The number of carbonyl (C=O) groups is 1. The van der Waals surface area contributed by atoms with E-state index in [-0.39, 0.29) is 5.91 Å². The molecule has 1 N–H and O–H groups in total. The van der Waals surface area contributed by atoms with Crippen molar-refractivity contribution in [3.63, 3.8) is 0 Å². The monoisotopic (exact) mass is 261 g/mol. The third-order valence-electron chi connectivity index (χ3n) is 5.78. The van der Waals surface area contributed by atoms with Gasteiger partial charge in [0.1, 0.15) is 0 Å². The minimum absolute atomic E-state index is 0.100. The largest absolute Gasteiger partial charge is 0.350 e. The lowest BCUT2D eigenvalue weighted by atomic mass is 9.48. The summed E-state index contributed by atoms with van der Waals surface area (Å²) in [6.45, 7) is 6.20. The van der Waals surface area contributed by atoms with Crippen molar-refractivity contribution in [3.05, 3.63) is 11.6 Å². The number of rotatable bonds is 3. The summed E-state index contributed by atoms with van der Waals surface area (Å²) in [4.78, 5) is 12.0. The van der Waals surface area contributed by atoms with Crippen LogP contribution in [-0.4, -0.2) is 11.9 Å². The van der Waals surface area contributed by atoms with Crippen LogP contribution < -0.4 is 5.32 Å². The summed E-state index contributed by atoms with van der Waals surface area (Å²) >= 11 is 0. The van der Waals surface area contributed by atoms with E-state index in [1.165, 1.54) is 38.5 Å². The van der Waals surface area contributed by atoms with Gasteiger partial charge in [0.15, 0.2) is 0 Å². The molecule has 1 atom stereocenters. The van der Waals surface area contributed by atoms with Crippen LogP contribution in [0.4, 0.5) is 0 Å². The van der Waals surface area contributed by atoms with E-state index >= 15 is 0 Å². The second-order valence-corrected chi connectivity index (χ2v) is 7.73. The van der Waals surface area contributed by atoms with Gasteiger partial charge in [-0.2, -0.15) is 0 Å². The highest BCUT2D eigenvalue weighted by atomic mass is 16.1. The van der Waals surface area contributed by atoms with Gasteiger partial charge in [-0.25, -0.2) is 0 Å². The highest BCUT2D eigenvalue weighted by Gasteiger charge is 2.53. The SMILES string of the molecule is CC(C)=CC(=O)N[C@@H](C)C12CC3CC(CC(C3)C1)C2. The topological polar surface area (TPSA) is 29.1 Å². The zero-order valence-electron chi connectivity index (χ0n) is 12.5. The van der Waals surface area contributed by atoms with Gasteiger partial charge in [-0.3, -0.25) is 4.79 Å². The first kappa shape index (κ1) is 13.2. The Bertz CT molecular complexity index is 370. The summed E-state index contributed by atoms with van der Waals surface area (Å²) < 4.78 is 0. The molecule has 0 unspecified atom stereocenters. The molecule has 2 nitrogen and oxygen atoms in total. The normalized spacial score (nSPS) is 40.9. The van der Waals surface area contributed by atoms with Crippen LogP contribution in [0.3, 0.4) is 0 Å². The van der Waals surface area contributed by atoms with Gasteiger partial charge >= 0.3 is 0 Å². The van der Waals surface area contributed by atoms with E-state index in [2.05, 4.69) is 12.2 Å². The summed E-state index contributed by atoms with van der Waals surface area (Å²) in [5.41, 5.74) is 1.50. The summed E-state index contributed by atoms with van der Waals surface area (Å²) in [6.07, 6.45) is 10.2. The standard InChI is InChI=1S/C17H27NO/c1-11(2)4-16(19)18-12(3)17-8-13-5-14(9-17)7-15(6-13)10-17/h4,12-15H,5-10H2,1-3H3,(H,18,19)/t12-,13?,14?,15?,17?/m0/s1. The van der Waals surface area contributed by atoms with Crippen LogP contribution in [0.2, 0.25) is 0 Å². The first-order valence-corrected chi connectivity index (χ1v) is 7.92. The molecular formula is C17H27NO. The highest BCUT2D eigenvalue weighted by molar-refractivity contribution is 5.88. The van der Waals surface area contributed by atoms with E-state index in [1.54, 1.807) is 6.08 Å². The summed E-state index contributed by atoms with van der Waals surface area (Å²) in [5, 5.41) is 3.25. The fourth-order valence-electron chi connectivity index (χ4n) is 5.38. The van der Waals surface area contributed by atoms with Gasteiger partial charge in [0.05, 0.1) is 0 Å². The third kappa shape index (κ3) is 2.46. The maximum atomic E-state index is 12.0. The van der Waals surface area contributed by atoms with E-state index in [0.717, 1.165) is 23.3 Å². The van der Waals surface area contributed by atoms with Crippen molar-refractivity contribution in [3.8, 4) is 0 Å². The number of allylic oxidation sites excluding steroid dienone is 1. The second kappa shape index (κ2) is 4.64. The molecule has 2 heteroatoms. The van der Waals surface area contributed by atoms with Gasteiger partial charge in [-0.05, 0) is 82.5 Å². The molecule has 1 amide bonds. The first-order chi connectivity index (χ1) is 8.97. The van der Waals surface area contributed by atoms with E-state index in [0.29, 0.717) is 11.5 Å². The van der Waals surface area contributed by atoms with Gasteiger partial charge in [0, 0.05) is 12.1 Å². The first-order valence-electron chi connectivity index (χ1n) is 7.92. The number of hydrogen-bond donors (Lipinski definition) is 1. The van der Waals surface area contributed by atoms with Gasteiger partial charge in [-0.15, -0.1) is 0 Å². The van der Waals surface area contributed by atoms with Gasteiger partial charge < -0.3 is 5.32 Å². The Labute approximate surface area is 117 Å². The molecule has 0 aromatic heterocycles. The van der Waals surface area contributed by atoms with Crippen LogP contribution in [-0.2, 0) is 4.79 Å². The van der Waals surface area contributed by atoms with Crippen LogP contribution in [0.5, 0.6) is 0 Å². The highest BCUT2D eigenvalue weighted by Crippen LogP contribution is 2.61. The molecule has 0 aromatic carbocycles. The molecule has 0 heterocycles. The van der Waals surface area contributed by atoms with Crippen molar-refractivity contribution in [1.29, 1.82) is 0 Å². The fraction of sp³-hybridized carbons (Fsp3) is 0.824. The van der Waals surface area contributed by atoms with Crippen molar-refractivity contribution in [2.45, 2.75) is 65.3 Å². The Morgan fingerprint density at radius 3 is 2.00 bits per heavy atom. The molecule has 4 aliphatic rings. The minimum Gasteiger partial charge on any atom is -0.350 e. The molecule has 4 saturated carbocycles. The van der Waals surface area contributed by atoms with E-state index in [1.807, 2.05) is 13.8 Å². The summed E-state index contributed by atoms with van der Waals surface area (Å²) in [7, 11) is 0. The number of hydrogen-bond acceptors (Lipinski definition) is 1. The Morgan fingerprint density at radius 2 is 1.58 bits per heavy atom. The molecule has 4 rings (SSSR count). The molecule has 106 valence electrons. The smallest absolute Gasteiger partial charge is 0.244 e. The van der Waals surface area contributed by atoms with Crippen LogP contribution in [0.25, 0.3) is 0 Å². The van der Waals surface area contributed by atoms with Gasteiger partial charge in [0.2, 0.25) is 5.91 Å². The maximum Gasteiger partial charge on any atom is 0.244 e. The van der Waals surface area contributed by atoms with E-state index < -0.39 is 0 Å². The summed E-state index contributed by atoms with van der Waals surface area (Å²) in [6, 6.07) is 0.337. The lowest BCUT2D eigenvalue weighted by molar-refractivity contribution is -0.121. The van der Waals surface area contributed by atoms with Crippen LogP contribution in [0.1, 0.15) is 59.3 Å². The molecule has 4 bridgehead atoms. The lowest BCUT2D eigenvalue weighted by Crippen LogP contribution is -2.55. The zero-order chi connectivity index (χ0) is 13.6. The molecule has 19 heavy (non-hydrogen) atoms. The Balaban J connectivity index is 1.71. The van der Waals surface area contributed by atoms with Crippen molar-refractivity contribution < 1.29 is 4.79 Å². The zero-order valence-corrected chi connectivity index (χ0v) is 12.5. The van der Waals surface area contributed by atoms with Crippen molar-refractivity contribution in [2.24, 2.45) is 23.2 Å². The molecule has 0 spiro atoms. The predicted octanol–water partition coefficient (Wildman–Crippen LogP) is 3.67. The fourth-order valence-corrected chi connectivity index (χ4v) is 5.38. The molecule has 0 radical (unpaired) electrons. The van der Waals surface area contributed by atoms with Gasteiger partial charge in [0.25, 0.3) is 0 Å². The average molecular weight is 261 g/mol. The number of carbonyl (C=O) groups excluding carboxylic acids is 1. The van der Waals surface area contributed by atoms with Gasteiger partial charge in [-0.1, -0.05) is 5.57 Å². The Kier molecular flexibility index (Phi) is 3.23. The van der Waals surface area contributed by atoms with E-state index in [9.17, 15) is 4.79 Å². The van der Waals surface area contributed by atoms with E-state index in [4.69, 9.17) is 0 Å². The maximum absolute atomic E-state index is 12.0. The van der Waals surface area contributed by atoms with Crippen molar-refractivity contribution in [2.75, 3.05) is 0 Å². The van der Waals surface area contributed by atoms with Crippen LogP contribution in [0, 0.1) is 23.2 Å². The molecular weight excluding hydrogens is 234 g/mol. The Hall–Kier alpha value is -0.790. The predicted molar refractivity (Wildman–Crippen MR) is 77.6 cm³/mol.